The van der Waals surface area contributed by atoms with Gasteiger partial charge in [-0.1, -0.05) is 36.8 Å². The maximum absolute atomic E-state index is 12.3. The lowest BCUT2D eigenvalue weighted by Gasteiger charge is -2.20. The van der Waals surface area contributed by atoms with E-state index < -0.39 is 0 Å². The Kier molecular flexibility index (Phi) is 5.16. The minimum atomic E-state index is -0.00226. The molecular formula is C24H24N6O. The van der Waals surface area contributed by atoms with E-state index in [4.69, 9.17) is 4.98 Å². The highest BCUT2D eigenvalue weighted by Gasteiger charge is 2.26. The molecule has 7 heteroatoms. The van der Waals surface area contributed by atoms with Gasteiger partial charge in [0.2, 0.25) is 0 Å². The first-order valence-corrected chi connectivity index (χ1v) is 10.8. The molecule has 1 aliphatic carbocycles. The number of aromatic nitrogens is 6. The van der Waals surface area contributed by atoms with Gasteiger partial charge >= 0.3 is 0 Å². The Balaban J connectivity index is 1.90. The average molecular weight is 412 g/mol. The van der Waals surface area contributed by atoms with Crippen LogP contribution in [0, 0.1) is 0 Å². The van der Waals surface area contributed by atoms with Gasteiger partial charge in [0.1, 0.15) is 0 Å². The van der Waals surface area contributed by atoms with Crippen molar-refractivity contribution >= 4 is 0 Å². The molecule has 0 fully saturated rings. The summed E-state index contributed by atoms with van der Waals surface area (Å²) in [7, 11) is 0. The van der Waals surface area contributed by atoms with E-state index in [9.17, 15) is 4.79 Å². The molecule has 0 spiro atoms. The maximum atomic E-state index is 12.3. The van der Waals surface area contributed by atoms with Crippen LogP contribution in [0.15, 0.2) is 53.5 Å². The van der Waals surface area contributed by atoms with Gasteiger partial charge < -0.3 is 4.57 Å². The normalized spacial score (nSPS) is 13.6. The molecule has 1 aromatic carbocycles. The van der Waals surface area contributed by atoms with Gasteiger partial charge in [-0.3, -0.25) is 9.78 Å². The predicted octanol–water partition coefficient (Wildman–Crippen LogP) is 4.05. The van der Waals surface area contributed by atoms with Gasteiger partial charge in [-0.15, -0.1) is 5.10 Å². The minimum Gasteiger partial charge on any atom is -0.315 e. The van der Waals surface area contributed by atoms with Crippen LogP contribution in [-0.2, 0) is 19.4 Å². The first kappa shape index (κ1) is 19.4. The third kappa shape index (κ3) is 3.56. The number of H-pyrrole nitrogens is 1. The van der Waals surface area contributed by atoms with Crippen molar-refractivity contribution in [2.75, 3.05) is 0 Å². The molecule has 5 rings (SSSR count). The molecule has 0 aliphatic heterocycles. The van der Waals surface area contributed by atoms with E-state index in [1.54, 1.807) is 10.6 Å². The van der Waals surface area contributed by atoms with Crippen LogP contribution < -0.4 is 5.56 Å². The van der Waals surface area contributed by atoms with E-state index in [1.807, 2.05) is 37.4 Å². The number of hydrogen-bond acceptors (Lipinski definition) is 5. The number of benzene rings is 1. The number of pyridine rings is 2. The Labute approximate surface area is 180 Å². The van der Waals surface area contributed by atoms with Gasteiger partial charge in [0.15, 0.2) is 5.82 Å². The zero-order valence-corrected chi connectivity index (χ0v) is 17.5. The monoisotopic (exact) mass is 412 g/mol. The Morgan fingerprint density at radius 1 is 0.968 bits per heavy atom. The molecule has 1 aliphatic rings. The number of nitrogens with one attached hydrogen (secondary N) is 1. The molecule has 0 bridgehead atoms. The molecule has 0 atom stereocenters. The lowest BCUT2D eigenvalue weighted by molar-refractivity contribution is 0.709. The lowest BCUT2D eigenvalue weighted by atomic mass is 9.89. The van der Waals surface area contributed by atoms with Gasteiger partial charge in [-0.2, -0.15) is 0 Å². The highest BCUT2D eigenvalue weighted by Crippen LogP contribution is 2.42. The van der Waals surface area contributed by atoms with Crippen molar-refractivity contribution in [3.8, 4) is 33.8 Å². The summed E-state index contributed by atoms with van der Waals surface area (Å²) >= 11 is 0. The summed E-state index contributed by atoms with van der Waals surface area (Å²) < 4.78 is 1.74. The zero-order valence-electron chi connectivity index (χ0n) is 17.5. The molecule has 0 unspecified atom stereocenters. The Hall–Kier alpha value is -3.61. The largest absolute Gasteiger partial charge is 0.315 e. The van der Waals surface area contributed by atoms with Gasteiger partial charge in [-0.05, 0) is 60.2 Å². The van der Waals surface area contributed by atoms with Crippen LogP contribution in [0.4, 0.5) is 0 Å². The van der Waals surface area contributed by atoms with Gasteiger partial charge in [0, 0.05) is 35.6 Å². The SMILES string of the molecule is CCn1cc(-c2c3c(nc(-c4ccccc4)c2-c2nnn[nH]2)CCCCC3)ccc1=O. The average Bonchev–Trinajstić information content (AvgIpc) is 3.24. The Morgan fingerprint density at radius 2 is 1.81 bits per heavy atom. The van der Waals surface area contributed by atoms with Gasteiger partial charge in [-0.25, -0.2) is 5.10 Å². The Morgan fingerprint density at radius 3 is 2.58 bits per heavy atom. The summed E-state index contributed by atoms with van der Waals surface area (Å²) in [5.74, 6) is 0.586. The molecule has 0 saturated heterocycles. The molecule has 0 saturated carbocycles. The van der Waals surface area contributed by atoms with Crippen molar-refractivity contribution in [2.24, 2.45) is 0 Å². The van der Waals surface area contributed by atoms with Gasteiger partial charge in [0.25, 0.3) is 5.56 Å². The second kappa shape index (κ2) is 8.26. The molecule has 31 heavy (non-hydrogen) atoms. The quantitative estimate of drug-likeness (QED) is 0.511. The molecule has 3 heterocycles. The number of rotatable bonds is 4. The molecular weight excluding hydrogens is 388 g/mol. The van der Waals surface area contributed by atoms with Crippen LogP contribution in [0.1, 0.15) is 37.4 Å². The van der Waals surface area contributed by atoms with Crippen LogP contribution in [-0.4, -0.2) is 30.2 Å². The van der Waals surface area contributed by atoms with E-state index in [0.29, 0.717) is 12.4 Å². The fraction of sp³-hybridized carbons (Fsp3) is 0.292. The second-order valence-corrected chi connectivity index (χ2v) is 7.85. The second-order valence-electron chi connectivity index (χ2n) is 7.85. The highest BCUT2D eigenvalue weighted by molar-refractivity contribution is 5.92. The Bertz CT molecular complexity index is 1260. The summed E-state index contributed by atoms with van der Waals surface area (Å²) in [5, 5.41) is 14.9. The summed E-state index contributed by atoms with van der Waals surface area (Å²) in [4.78, 5) is 17.5. The molecule has 156 valence electrons. The van der Waals surface area contributed by atoms with Crippen LogP contribution in [0.5, 0.6) is 0 Å². The summed E-state index contributed by atoms with van der Waals surface area (Å²) in [6.07, 6.45) is 7.28. The van der Waals surface area contributed by atoms with Crippen molar-refractivity contribution in [3.63, 3.8) is 0 Å². The summed E-state index contributed by atoms with van der Waals surface area (Å²) in [6, 6.07) is 13.7. The van der Waals surface area contributed by atoms with Crippen LogP contribution in [0.3, 0.4) is 0 Å². The molecule has 7 nitrogen and oxygen atoms in total. The number of tetrazole rings is 1. The van der Waals surface area contributed by atoms with E-state index >= 15 is 0 Å². The number of fused-ring (bicyclic) bond motifs is 1. The number of aryl methyl sites for hydroxylation is 2. The molecule has 0 amide bonds. The van der Waals surface area contributed by atoms with E-state index in [2.05, 4.69) is 32.8 Å². The van der Waals surface area contributed by atoms with Crippen LogP contribution in [0.25, 0.3) is 33.8 Å². The van der Waals surface area contributed by atoms with Gasteiger partial charge in [0.05, 0.1) is 11.3 Å². The first-order chi connectivity index (χ1) is 15.3. The maximum Gasteiger partial charge on any atom is 0.250 e. The summed E-state index contributed by atoms with van der Waals surface area (Å²) in [5.41, 5.74) is 7.21. The van der Waals surface area contributed by atoms with Crippen molar-refractivity contribution in [1.82, 2.24) is 30.2 Å². The third-order valence-electron chi connectivity index (χ3n) is 5.97. The first-order valence-electron chi connectivity index (χ1n) is 10.8. The predicted molar refractivity (Wildman–Crippen MR) is 119 cm³/mol. The molecule has 3 aromatic heterocycles. The topological polar surface area (TPSA) is 89.3 Å². The van der Waals surface area contributed by atoms with E-state index in [1.165, 1.54) is 12.0 Å². The molecule has 0 radical (unpaired) electrons. The molecule has 1 N–H and O–H groups in total. The fourth-order valence-corrected chi connectivity index (χ4v) is 4.46. The van der Waals surface area contributed by atoms with Crippen molar-refractivity contribution in [2.45, 2.75) is 45.6 Å². The lowest BCUT2D eigenvalue weighted by Crippen LogP contribution is -2.17. The van der Waals surface area contributed by atoms with Crippen molar-refractivity contribution in [1.29, 1.82) is 0 Å². The minimum absolute atomic E-state index is 0.00226. The number of nitrogens with zero attached hydrogens (tertiary/aromatic N) is 5. The van der Waals surface area contributed by atoms with Crippen LogP contribution >= 0.6 is 0 Å². The third-order valence-corrected chi connectivity index (χ3v) is 5.97. The van der Waals surface area contributed by atoms with Crippen LogP contribution in [0.2, 0.25) is 0 Å². The van der Waals surface area contributed by atoms with Crippen molar-refractivity contribution in [3.05, 3.63) is 70.3 Å². The van der Waals surface area contributed by atoms with E-state index in [0.717, 1.165) is 59.3 Å². The standard InChI is InChI=1S/C24H24N6O/c1-2-30-15-17(13-14-20(30)31)21-18-11-7-4-8-12-19(18)25-23(16-9-5-3-6-10-16)22(21)24-26-28-29-27-24/h3,5-6,9-10,13-15H,2,4,7-8,11-12H2,1H3,(H,26,27,28,29). The van der Waals surface area contributed by atoms with Crippen molar-refractivity contribution < 1.29 is 0 Å². The number of hydrogen-bond donors (Lipinski definition) is 1. The number of aromatic amines is 1. The van der Waals surface area contributed by atoms with E-state index in [-0.39, 0.29) is 5.56 Å². The summed E-state index contributed by atoms with van der Waals surface area (Å²) in [6.45, 7) is 2.60. The molecule has 4 aromatic rings. The fourth-order valence-electron chi connectivity index (χ4n) is 4.46. The zero-order chi connectivity index (χ0) is 21.2. The highest BCUT2D eigenvalue weighted by atomic mass is 16.1. The smallest absolute Gasteiger partial charge is 0.250 e.